The van der Waals surface area contributed by atoms with Gasteiger partial charge in [-0.3, -0.25) is 36.3 Å². The highest BCUT2D eigenvalue weighted by atomic mass is 31.2. The van der Waals surface area contributed by atoms with E-state index in [1.807, 2.05) is 0 Å². The van der Waals surface area contributed by atoms with Gasteiger partial charge in [0.2, 0.25) is 17.8 Å². The van der Waals surface area contributed by atoms with Gasteiger partial charge < -0.3 is 35.9 Å². The number of aryl methyl sites for hydroxylation is 1. The van der Waals surface area contributed by atoms with E-state index in [0.717, 1.165) is 13.8 Å². The Labute approximate surface area is 321 Å². The summed E-state index contributed by atoms with van der Waals surface area (Å²) in [4.78, 5) is 24.8. The molecule has 0 bridgehead atoms. The first-order valence-corrected chi connectivity index (χ1v) is 20.5. The van der Waals surface area contributed by atoms with Gasteiger partial charge in [-0.25, -0.2) is 32.9 Å². The van der Waals surface area contributed by atoms with Crippen molar-refractivity contribution >= 4 is 49.9 Å². The van der Waals surface area contributed by atoms with Crippen molar-refractivity contribution in [2.24, 2.45) is 5.41 Å². The Bertz CT molecular complexity index is 2260. The van der Waals surface area contributed by atoms with Crippen molar-refractivity contribution in [3.8, 4) is 5.88 Å². The number of halogens is 2. The molecule has 23 nitrogen and oxygen atoms in total. The molecular weight excluding hydrogens is 808 g/mol. The van der Waals surface area contributed by atoms with E-state index in [2.05, 4.69) is 29.9 Å². The van der Waals surface area contributed by atoms with E-state index in [4.69, 9.17) is 52.8 Å². The molecular formula is C30H40F2N10O13P2. The quantitative estimate of drug-likeness (QED) is 0.166. The Kier molecular flexibility index (Phi) is 10.1. The van der Waals surface area contributed by atoms with Crippen LogP contribution in [0.1, 0.15) is 38.9 Å². The monoisotopic (exact) mass is 848 g/mol. The second-order valence-corrected chi connectivity index (χ2v) is 17.8. The number of nitrogens with zero attached hydrogens (tertiary/aromatic N) is 8. The number of hydrogen-bond acceptors (Lipinski definition) is 21. The van der Waals surface area contributed by atoms with Gasteiger partial charge in [0.1, 0.15) is 29.9 Å². The first-order valence-electron chi connectivity index (χ1n) is 17.6. The Morgan fingerprint density at radius 3 is 1.70 bits per heavy atom. The summed E-state index contributed by atoms with van der Waals surface area (Å²) >= 11 is 0. The molecule has 8 atom stereocenters. The predicted molar refractivity (Wildman–Crippen MR) is 188 cm³/mol. The van der Waals surface area contributed by atoms with Crippen LogP contribution in [0.2, 0.25) is 0 Å². The van der Waals surface area contributed by atoms with Crippen LogP contribution in [-0.4, -0.2) is 131 Å². The van der Waals surface area contributed by atoms with E-state index in [1.54, 1.807) is 13.8 Å². The summed E-state index contributed by atoms with van der Waals surface area (Å²) in [6.45, 7) is 3.42. The van der Waals surface area contributed by atoms with Crippen molar-refractivity contribution in [2.45, 2.75) is 75.9 Å². The maximum absolute atomic E-state index is 16.0. The second kappa shape index (κ2) is 14.3. The van der Waals surface area contributed by atoms with Gasteiger partial charge in [0, 0.05) is 0 Å². The summed E-state index contributed by atoms with van der Waals surface area (Å²) in [7, 11) is -8.57. The van der Waals surface area contributed by atoms with Crippen molar-refractivity contribution in [2.75, 3.05) is 57.7 Å². The molecule has 1 spiro atoms. The van der Waals surface area contributed by atoms with Crippen LogP contribution in [0.15, 0.2) is 12.7 Å². The average molecular weight is 849 g/mol. The maximum atomic E-state index is 16.0. The Hall–Kier alpha value is -3.58. The third-order valence-electron chi connectivity index (χ3n) is 10.1. The van der Waals surface area contributed by atoms with Gasteiger partial charge in [0.05, 0.1) is 70.0 Å². The zero-order valence-corrected chi connectivity index (χ0v) is 32.6. The first-order chi connectivity index (χ1) is 26.9. The number of alkyl halides is 2. The van der Waals surface area contributed by atoms with Crippen molar-refractivity contribution in [1.82, 2.24) is 39.0 Å². The third kappa shape index (κ3) is 7.06. The molecule has 6 N–H and O–H groups in total. The first kappa shape index (κ1) is 40.2. The number of hydrogen-bond donors (Lipinski definition) is 4. The van der Waals surface area contributed by atoms with Gasteiger partial charge in [-0.2, -0.15) is 15.0 Å². The molecule has 312 valence electrons. The van der Waals surface area contributed by atoms with Crippen LogP contribution in [-0.2, 0) is 45.7 Å². The molecule has 4 aliphatic heterocycles. The fourth-order valence-electron chi connectivity index (χ4n) is 6.93. The summed E-state index contributed by atoms with van der Waals surface area (Å²) in [6.07, 6.45) is -6.55. The standard InChI is InChI=1S/C30H40F2N10O13P2/c1-5-47-23-18-22(39-27(34)40-23)42(13-36-18)25-29(4,32)20(44)16(55-25)7-49-57(46)52-10-30(11-53-57)8-50-56(45,51-9-30)48-6-15-19(43)28(3,31)24(54-15)41-12-35-17-14(2)37-26(33)38-21(17)41/h12-13,15-16,19-20,24-25,43-44H,5-11H2,1-4H3,(H2,33,37,38)(H2,34,39,40)/t15?,16?,19-,20-,24-,25-,28-,29-,30?,56?,57?/m1/s1. The minimum Gasteiger partial charge on any atom is -0.476 e. The number of phosphoric ester groups is 2. The van der Waals surface area contributed by atoms with E-state index < -0.39 is 82.5 Å². The molecule has 0 aliphatic carbocycles. The molecule has 2 unspecified atom stereocenters. The van der Waals surface area contributed by atoms with Crippen LogP contribution < -0.4 is 16.2 Å². The Morgan fingerprint density at radius 2 is 1.23 bits per heavy atom. The summed E-state index contributed by atoms with van der Waals surface area (Å²) in [5.74, 6) is -0.136. The lowest BCUT2D eigenvalue weighted by Crippen LogP contribution is -2.46. The number of nitrogens with two attached hydrogens (primary N) is 2. The predicted octanol–water partition coefficient (Wildman–Crippen LogP) is 1.84. The number of fused-ring (bicyclic) bond motifs is 2. The summed E-state index contributed by atoms with van der Waals surface area (Å²) in [6, 6.07) is 0. The zero-order valence-electron chi connectivity index (χ0n) is 30.8. The highest BCUT2D eigenvalue weighted by Gasteiger charge is 2.58. The molecule has 27 heteroatoms. The molecule has 4 saturated heterocycles. The average Bonchev–Trinajstić information content (AvgIpc) is 3.88. The minimum absolute atomic E-state index is 0.0634. The number of aliphatic hydroxyl groups is 2. The smallest absolute Gasteiger partial charge is 0.474 e. The molecule has 8 heterocycles. The Morgan fingerprint density at radius 1 is 0.789 bits per heavy atom. The van der Waals surface area contributed by atoms with E-state index in [-0.39, 0.29) is 67.6 Å². The number of imidazole rings is 2. The van der Waals surface area contributed by atoms with Crippen LogP contribution >= 0.6 is 15.6 Å². The molecule has 0 saturated carbocycles. The van der Waals surface area contributed by atoms with Crippen molar-refractivity contribution in [1.29, 1.82) is 0 Å². The second-order valence-electron chi connectivity index (χ2n) is 14.5. The lowest BCUT2D eigenvalue weighted by molar-refractivity contribution is -0.107. The van der Waals surface area contributed by atoms with E-state index in [9.17, 15) is 19.3 Å². The number of aliphatic hydroxyl groups excluding tert-OH is 2. The van der Waals surface area contributed by atoms with E-state index in [0.29, 0.717) is 11.2 Å². The molecule has 8 rings (SSSR count). The lowest BCUT2D eigenvalue weighted by atomic mass is 9.93. The largest absolute Gasteiger partial charge is 0.476 e. The topological polar surface area (TPSA) is 297 Å². The summed E-state index contributed by atoms with van der Waals surface area (Å²) < 4.78 is 111. The molecule has 4 aliphatic rings. The van der Waals surface area contributed by atoms with Crippen molar-refractivity contribution < 1.29 is 69.5 Å². The number of aromatic nitrogens is 8. The van der Waals surface area contributed by atoms with Gasteiger partial charge in [-0.05, 0) is 27.7 Å². The zero-order chi connectivity index (χ0) is 40.7. The van der Waals surface area contributed by atoms with Gasteiger partial charge in [0.25, 0.3) is 0 Å². The number of phosphoric acid groups is 2. The number of anilines is 2. The lowest BCUT2D eigenvalue weighted by Gasteiger charge is -2.41. The fraction of sp³-hybridized carbons (Fsp3) is 0.667. The number of rotatable bonds is 10. The molecule has 0 amide bonds. The van der Waals surface area contributed by atoms with Crippen LogP contribution in [0.3, 0.4) is 0 Å². The van der Waals surface area contributed by atoms with E-state index in [1.165, 1.54) is 21.8 Å². The van der Waals surface area contributed by atoms with Gasteiger partial charge in [-0.15, -0.1) is 0 Å². The highest BCUT2D eigenvalue weighted by Crippen LogP contribution is 2.61. The molecule has 4 fully saturated rings. The minimum atomic E-state index is -4.29. The summed E-state index contributed by atoms with van der Waals surface area (Å²) in [5.41, 5.74) is 7.00. The highest BCUT2D eigenvalue weighted by molar-refractivity contribution is 7.48. The fourth-order valence-corrected chi connectivity index (χ4v) is 9.77. The SMILES string of the molecule is CCOc1nc(N)nc2c1ncn2[C@@H]1OC(COP2(=O)OCC3(COP(=O)(OCC4O[C@@H](n5cnc6c(C)nc(N)nc65)[C@](C)(F)[C@@H]4O)OC3)CO2)[C@@H](O)[C@@]1(C)F. The normalized spacial score (nSPS) is 38.5. The molecule has 4 aromatic rings. The summed E-state index contributed by atoms with van der Waals surface area (Å²) in [5, 5.41) is 21.7. The maximum Gasteiger partial charge on any atom is 0.474 e. The van der Waals surface area contributed by atoms with Crippen LogP contribution in [0.5, 0.6) is 5.88 Å². The van der Waals surface area contributed by atoms with Crippen molar-refractivity contribution in [3.63, 3.8) is 0 Å². The third-order valence-corrected chi connectivity index (χ3v) is 12.9. The number of nitrogen functional groups attached to an aromatic ring is 2. The molecule has 4 aromatic heterocycles. The number of ether oxygens (including phenoxy) is 3. The van der Waals surface area contributed by atoms with Crippen molar-refractivity contribution in [3.05, 3.63) is 18.3 Å². The van der Waals surface area contributed by atoms with Gasteiger partial charge in [-0.1, -0.05) is 0 Å². The van der Waals surface area contributed by atoms with Gasteiger partial charge >= 0.3 is 15.6 Å². The molecule has 57 heavy (non-hydrogen) atoms. The Balaban J connectivity index is 0.846. The van der Waals surface area contributed by atoms with Crippen LogP contribution in [0, 0.1) is 12.3 Å². The van der Waals surface area contributed by atoms with Gasteiger partial charge in [0.15, 0.2) is 40.6 Å². The van der Waals surface area contributed by atoms with Crippen LogP contribution in [0.4, 0.5) is 20.7 Å². The molecule has 0 aromatic carbocycles. The molecule has 0 radical (unpaired) electrons. The van der Waals surface area contributed by atoms with Crippen LogP contribution in [0.25, 0.3) is 22.3 Å². The van der Waals surface area contributed by atoms with E-state index >= 15 is 8.78 Å².